The molecule has 1 aliphatic carbocycles. The van der Waals surface area contributed by atoms with Gasteiger partial charge in [-0.25, -0.2) is 0 Å². The summed E-state index contributed by atoms with van der Waals surface area (Å²) >= 11 is 0. The van der Waals surface area contributed by atoms with Crippen LogP contribution in [0.15, 0.2) is 12.7 Å². The maximum absolute atomic E-state index is 13.3. The fourth-order valence-electron chi connectivity index (χ4n) is 4.98. The number of likely N-dealkylation sites (N-methyl/N-ethyl adjacent to an activating group) is 1. The van der Waals surface area contributed by atoms with Gasteiger partial charge in [-0.3, -0.25) is 9.48 Å². The molecule has 4 rings (SSSR count). The van der Waals surface area contributed by atoms with Crippen molar-refractivity contribution in [3.8, 4) is 0 Å². The summed E-state index contributed by atoms with van der Waals surface area (Å²) < 4.78 is 2.03. The Balaban J connectivity index is 1.56. The van der Waals surface area contributed by atoms with Crippen molar-refractivity contribution in [3.05, 3.63) is 29.6 Å². The molecule has 2 fully saturated rings. The van der Waals surface area contributed by atoms with Gasteiger partial charge in [0.2, 0.25) is 0 Å². The molecule has 0 radical (unpaired) electrons. The minimum atomic E-state index is 0.125. The van der Waals surface area contributed by atoms with E-state index < -0.39 is 0 Å². The number of rotatable bonds is 4. The van der Waals surface area contributed by atoms with Gasteiger partial charge in [0.05, 0.1) is 6.54 Å². The number of hydrogen-bond donors (Lipinski definition) is 0. The SMILES string of the molecule is C=CCn1nc(C(=O)N2CCN(C)CC2)c2c1CC[C@@H](N1CCC(C)CC1)C2. The number of fused-ring (bicyclic) bond motifs is 1. The quantitative estimate of drug-likeness (QED) is 0.744. The third-order valence-corrected chi connectivity index (χ3v) is 6.95. The van der Waals surface area contributed by atoms with Crippen LogP contribution in [0.5, 0.6) is 0 Å². The summed E-state index contributed by atoms with van der Waals surface area (Å²) in [6.07, 6.45) is 7.64. The monoisotopic (exact) mass is 385 g/mol. The van der Waals surface area contributed by atoms with Crippen molar-refractivity contribution in [2.24, 2.45) is 5.92 Å². The number of likely N-dealkylation sites (tertiary alicyclic amines) is 1. The highest BCUT2D eigenvalue weighted by Gasteiger charge is 2.34. The lowest BCUT2D eigenvalue weighted by Gasteiger charge is -2.39. The Morgan fingerprint density at radius 3 is 2.54 bits per heavy atom. The zero-order chi connectivity index (χ0) is 19.7. The zero-order valence-electron chi connectivity index (χ0n) is 17.6. The van der Waals surface area contributed by atoms with Crippen LogP contribution in [0.1, 0.15) is 47.9 Å². The van der Waals surface area contributed by atoms with Gasteiger partial charge in [-0.05, 0) is 58.2 Å². The van der Waals surface area contributed by atoms with Crippen molar-refractivity contribution < 1.29 is 4.79 Å². The van der Waals surface area contributed by atoms with Crippen LogP contribution in [-0.4, -0.2) is 82.7 Å². The zero-order valence-corrected chi connectivity index (χ0v) is 17.6. The molecule has 1 aromatic rings. The summed E-state index contributed by atoms with van der Waals surface area (Å²) in [5.41, 5.74) is 3.18. The van der Waals surface area contributed by atoms with Crippen molar-refractivity contribution in [1.29, 1.82) is 0 Å². The van der Waals surface area contributed by atoms with Crippen LogP contribution in [0.3, 0.4) is 0 Å². The number of carbonyl (C=O) groups excluding carboxylic acids is 1. The fraction of sp³-hybridized carbons (Fsp3) is 0.727. The van der Waals surface area contributed by atoms with Crippen LogP contribution in [0.4, 0.5) is 0 Å². The van der Waals surface area contributed by atoms with Gasteiger partial charge in [-0.15, -0.1) is 6.58 Å². The number of hydrogen-bond acceptors (Lipinski definition) is 4. The van der Waals surface area contributed by atoms with E-state index in [1.165, 1.54) is 43.6 Å². The summed E-state index contributed by atoms with van der Waals surface area (Å²) in [7, 11) is 2.12. The summed E-state index contributed by atoms with van der Waals surface area (Å²) in [6, 6.07) is 0.556. The van der Waals surface area contributed by atoms with E-state index in [-0.39, 0.29) is 5.91 Å². The minimum absolute atomic E-state index is 0.125. The summed E-state index contributed by atoms with van der Waals surface area (Å²) in [5.74, 6) is 0.972. The van der Waals surface area contributed by atoms with Gasteiger partial charge in [-0.2, -0.15) is 5.10 Å². The fourth-order valence-corrected chi connectivity index (χ4v) is 4.98. The molecule has 1 aromatic heterocycles. The maximum Gasteiger partial charge on any atom is 0.274 e. The Kier molecular flexibility index (Phi) is 5.88. The van der Waals surface area contributed by atoms with E-state index in [0.717, 1.165) is 44.9 Å². The van der Waals surface area contributed by atoms with E-state index in [0.29, 0.717) is 18.3 Å². The number of carbonyl (C=O) groups is 1. The average Bonchev–Trinajstić information content (AvgIpc) is 3.07. The van der Waals surface area contributed by atoms with E-state index >= 15 is 0 Å². The normalized spacial score (nSPS) is 24.9. The number of aromatic nitrogens is 2. The Bertz CT molecular complexity index is 711. The standard InChI is InChI=1S/C22H35N5O/c1-4-9-27-20-6-5-18(25-10-7-17(2)8-11-25)16-19(20)21(23-27)22(28)26-14-12-24(3)13-15-26/h4,17-18H,1,5-16H2,2-3H3/t18-/m1/s1. The molecule has 0 aromatic carbocycles. The smallest absolute Gasteiger partial charge is 0.274 e. The molecule has 6 heteroatoms. The van der Waals surface area contributed by atoms with E-state index in [1.54, 1.807) is 0 Å². The first-order valence-corrected chi connectivity index (χ1v) is 11.0. The molecule has 0 unspecified atom stereocenters. The maximum atomic E-state index is 13.3. The molecule has 6 nitrogen and oxygen atoms in total. The lowest BCUT2D eigenvalue weighted by Crippen LogP contribution is -2.47. The lowest BCUT2D eigenvalue weighted by atomic mass is 9.88. The molecule has 3 heterocycles. The highest BCUT2D eigenvalue weighted by Crippen LogP contribution is 2.30. The topological polar surface area (TPSA) is 44.6 Å². The van der Waals surface area contributed by atoms with Crippen molar-refractivity contribution in [3.63, 3.8) is 0 Å². The molecule has 0 spiro atoms. The van der Waals surface area contributed by atoms with Crippen LogP contribution >= 0.6 is 0 Å². The second-order valence-corrected chi connectivity index (χ2v) is 8.96. The average molecular weight is 386 g/mol. The van der Waals surface area contributed by atoms with E-state index in [1.807, 2.05) is 15.7 Å². The molecule has 154 valence electrons. The Hall–Kier alpha value is -1.66. The van der Waals surface area contributed by atoms with Crippen LogP contribution in [0, 0.1) is 5.92 Å². The number of piperazine rings is 1. The van der Waals surface area contributed by atoms with Gasteiger partial charge >= 0.3 is 0 Å². The summed E-state index contributed by atoms with van der Waals surface area (Å²) in [6.45, 7) is 12.8. The summed E-state index contributed by atoms with van der Waals surface area (Å²) in [5, 5.41) is 4.79. The van der Waals surface area contributed by atoms with Crippen molar-refractivity contribution in [1.82, 2.24) is 24.5 Å². The number of piperidine rings is 1. The second-order valence-electron chi connectivity index (χ2n) is 8.96. The van der Waals surface area contributed by atoms with Gasteiger partial charge in [0, 0.05) is 43.5 Å². The predicted molar refractivity (Wildman–Crippen MR) is 112 cm³/mol. The van der Waals surface area contributed by atoms with E-state index in [9.17, 15) is 4.79 Å². The number of amides is 1. The first-order valence-electron chi connectivity index (χ1n) is 11.0. The van der Waals surface area contributed by atoms with Gasteiger partial charge in [0.25, 0.3) is 5.91 Å². The van der Waals surface area contributed by atoms with Crippen molar-refractivity contribution in [2.45, 2.75) is 51.6 Å². The molecule has 28 heavy (non-hydrogen) atoms. The third-order valence-electron chi connectivity index (χ3n) is 6.95. The molecule has 2 saturated heterocycles. The summed E-state index contributed by atoms with van der Waals surface area (Å²) in [4.78, 5) is 20.3. The third kappa shape index (κ3) is 3.90. The number of allylic oxidation sites excluding steroid dienone is 1. The van der Waals surface area contributed by atoms with Crippen LogP contribution < -0.4 is 0 Å². The van der Waals surface area contributed by atoms with Gasteiger partial charge < -0.3 is 14.7 Å². The van der Waals surface area contributed by atoms with Crippen molar-refractivity contribution in [2.75, 3.05) is 46.3 Å². The highest BCUT2D eigenvalue weighted by atomic mass is 16.2. The number of nitrogens with zero attached hydrogens (tertiary/aromatic N) is 5. The molecule has 0 bridgehead atoms. The second kappa shape index (κ2) is 8.37. The molecule has 3 aliphatic rings. The Morgan fingerprint density at radius 2 is 1.86 bits per heavy atom. The molecule has 0 N–H and O–H groups in total. The predicted octanol–water partition coefficient (Wildman–Crippen LogP) is 2.05. The van der Waals surface area contributed by atoms with Crippen molar-refractivity contribution >= 4 is 5.91 Å². The lowest BCUT2D eigenvalue weighted by molar-refractivity contribution is 0.0655. The largest absolute Gasteiger partial charge is 0.335 e. The molecule has 2 aliphatic heterocycles. The first-order chi connectivity index (χ1) is 13.6. The molecule has 1 amide bonds. The van der Waals surface area contributed by atoms with Crippen LogP contribution in [-0.2, 0) is 19.4 Å². The van der Waals surface area contributed by atoms with E-state index in [2.05, 4.69) is 30.4 Å². The highest BCUT2D eigenvalue weighted by molar-refractivity contribution is 5.94. The first kappa shape index (κ1) is 19.6. The Morgan fingerprint density at radius 1 is 1.14 bits per heavy atom. The van der Waals surface area contributed by atoms with Gasteiger partial charge in [-0.1, -0.05) is 13.0 Å². The molecule has 0 saturated carbocycles. The van der Waals surface area contributed by atoms with E-state index in [4.69, 9.17) is 5.10 Å². The van der Waals surface area contributed by atoms with Crippen LogP contribution in [0.25, 0.3) is 0 Å². The van der Waals surface area contributed by atoms with Gasteiger partial charge in [0.15, 0.2) is 5.69 Å². The Labute approximate surface area is 169 Å². The van der Waals surface area contributed by atoms with Crippen LogP contribution in [0.2, 0.25) is 0 Å². The molecule has 1 atom stereocenters. The minimum Gasteiger partial charge on any atom is -0.335 e. The molecular weight excluding hydrogens is 350 g/mol. The van der Waals surface area contributed by atoms with Gasteiger partial charge in [0.1, 0.15) is 0 Å². The molecular formula is C22H35N5O.